The van der Waals surface area contributed by atoms with Crippen LogP contribution < -0.4 is 5.32 Å². The Hall–Kier alpha value is -2.43. The van der Waals surface area contributed by atoms with E-state index < -0.39 is 0 Å². The van der Waals surface area contributed by atoms with E-state index in [9.17, 15) is 9.18 Å². The van der Waals surface area contributed by atoms with Gasteiger partial charge < -0.3 is 5.32 Å². The van der Waals surface area contributed by atoms with Crippen LogP contribution in [-0.2, 0) is 11.2 Å². The number of hydrogen-bond acceptors (Lipinski definition) is 2. The third kappa shape index (κ3) is 3.51. The van der Waals surface area contributed by atoms with Crippen molar-refractivity contribution in [2.75, 3.05) is 5.32 Å². The van der Waals surface area contributed by atoms with E-state index in [-0.39, 0.29) is 11.7 Å². The molecule has 0 aliphatic carbocycles. The average Bonchev–Trinajstić information content (AvgIpc) is 2.85. The molecule has 0 saturated heterocycles. The minimum atomic E-state index is -0.361. The Morgan fingerprint density at radius 2 is 2.26 bits per heavy atom. The van der Waals surface area contributed by atoms with Crippen LogP contribution in [0.4, 0.5) is 10.2 Å². The molecule has 0 aliphatic rings. The van der Waals surface area contributed by atoms with Crippen molar-refractivity contribution < 1.29 is 9.18 Å². The summed E-state index contributed by atoms with van der Waals surface area (Å²) in [5.74, 6) is -0.253. The summed E-state index contributed by atoms with van der Waals surface area (Å²) in [5.41, 5.74) is 1.31. The van der Waals surface area contributed by atoms with E-state index in [1.165, 1.54) is 18.2 Å². The summed E-state index contributed by atoms with van der Waals surface area (Å²) in [7, 11) is 0. The summed E-state index contributed by atoms with van der Waals surface area (Å²) in [6, 6.07) is 8.02. The number of rotatable bonds is 4. The number of benzene rings is 1. The molecule has 1 heterocycles. The topological polar surface area (TPSA) is 57.8 Å². The zero-order chi connectivity index (χ0) is 13.7. The lowest BCUT2D eigenvalue weighted by atomic mass is 10.2. The van der Waals surface area contributed by atoms with Gasteiger partial charge in [0.2, 0.25) is 5.91 Å². The maximum Gasteiger partial charge on any atom is 0.249 e. The first kappa shape index (κ1) is 13.0. The molecular formula is C14H14FN3O. The van der Waals surface area contributed by atoms with Crippen LogP contribution in [0.1, 0.15) is 18.2 Å². The van der Waals surface area contributed by atoms with Crippen LogP contribution in [0.2, 0.25) is 0 Å². The van der Waals surface area contributed by atoms with Crippen LogP contribution >= 0.6 is 0 Å². The monoisotopic (exact) mass is 259 g/mol. The highest BCUT2D eigenvalue weighted by atomic mass is 19.1. The Balaban J connectivity index is 1.99. The summed E-state index contributed by atoms with van der Waals surface area (Å²) < 4.78 is 13.3. The van der Waals surface area contributed by atoms with Gasteiger partial charge in [-0.2, -0.15) is 5.10 Å². The average molecular weight is 259 g/mol. The predicted molar refractivity (Wildman–Crippen MR) is 72.0 cm³/mol. The lowest BCUT2D eigenvalue weighted by molar-refractivity contribution is -0.111. The van der Waals surface area contributed by atoms with Crippen molar-refractivity contribution in [2.45, 2.75) is 13.3 Å². The first-order valence-electron chi connectivity index (χ1n) is 5.97. The zero-order valence-corrected chi connectivity index (χ0v) is 10.5. The zero-order valence-electron chi connectivity index (χ0n) is 10.5. The molecule has 19 heavy (non-hydrogen) atoms. The highest BCUT2D eigenvalue weighted by Gasteiger charge is 2.03. The lowest BCUT2D eigenvalue weighted by Crippen LogP contribution is -2.07. The van der Waals surface area contributed by atoms with Crippen LogP contribution in [0.15, 0.2) is 36.4 Å². The minimum absolute atomic E-state index is 0.350. The molecule has 0 unspecified atom stereocenters. The summed E-state index contributed by atoms with van der Waals surface area (Å²) in [6.07, 6.45) is 3.52. The van der Waals surface area contributed by atoms with Gasteiger partial charge in [-0.15, -0.1) is 0 Å². The number of carbonyl (C=O) groups is 1. The van der Waals surface area contributed by atoms with Gasteiger partial charge >= 0.3 is 0 Å². The van der Waals surface area contributed by atoms with Crippen LogP contribution in [0.25, 0.3) is 6.08 Å². The van der Waals surface area contributed by atoms with Gasteiger partial charge in [0.05, 0.1) is 0 Å². The molecule has 5 heteroatoms. The third-order valence-electron chi connectivity index (χ3n) is 2.58. The van der Waals surface area contributed by atoms with Crippen molar-refractivity contribution in [2.24, 2.45) is 0 Å². The Labute approximate surface area is 110 Å². The van der Waals surface area contributed by atoms with E-state index in [1.807, 2.05) is 6.92 Å². The van der Waals surface area contributed by atoms with Gasteiger partial charge in [0.25, 0.3) is 0 Å². The Bertz CT molecular complexity index is 604. The molecule has 2 rings (SSSR count). The first-order chi connectivity index (χ1) is 9.19. The summed E-state index contributed by atoms with van der Waals surface area (Å²) >= 11 is 0. The van der Waals surface area contributed by atoms with Gasteiger partial charge in [0.1, 0.15) is 5.82 Å². The molecule has 0 spiro atoms. The molecule has 0 bridgehead atoms. The summed E-state index contributed by atoms with van der Waals surface area (Å²) in [6.45, 7) is 1.98. The largest absolute Gasteiger partial charge is 0.306 e. The van der Waals surface area contributed by atoms with Crippen molar-refractivity contribution in [1.29, 1.82) is 0 Å². The smallest absolute Gasteiger partial charge is 0.249 e. The molecule has 0 atom stereocenters. The van der Waals surface area contributed by atoms with E-state index in [2.05, 4.69) is 15.5 Å². The highest BCUT2D eigenvalue weighted by molar-refractivity contribution is 6.01. The number of aromatic amines is 1. The second-order valence-corrected chi connectivity index (χ2v) is 3.98. The predicted octanol–water partition coefficient (Wildman–Crippen LogP) is 2.76. The fraction of sp³-hybridized carbons (Fsp3) is 0.143. The second kappa shape index (κ2) is 5.95. The lowest BCUT2D eigenvalue weighted by Gasteiger charge is -1.97. The Kier molecular flexibility index (Phi) is 4.07. The maximum absolute atomic E-state index is 13.3. The first-order valence-corrected chi connectivity index (χ1v) is 5.97. The number of aryl methyl sites for hydroxylation is 1. The second-order valence-electron chi connectivity index (χ2n) is 3.98. The van der Waals surface area contributed by atoms with Crippen molar-refractivity contribution in [3.05, 3.63) is 53.5 Å². The van der Waals surface area contributed by atoms with Crippen molar-refractivity contribution in [3.63, 3.8) is 0 Å². The number of halogens is 1. The number of aromatic nitrogens is 2. The highest BCUT2D eigenvalue weighted by Crippen LogP contribution is 2.09. The number of nitrogens with zero attached hydrogens (tertiary/aromatic N) is 1. The molecular weight excluding hydrogens is 245 g/mol. The number of nitrogens with one attached hydrogen (secondary N) is 2. The maximum atomic E-state index is 13.3. The summed E-state index contributed by atoms with van der Waals surface area (Å²) in [4.78, 5) is 11.6. The minimum Gasteiger partial charge on any atom is -0.306 e. The number of carbonyl (C=O) groups excluding carboxylic acids is 1. The Morgan fingerprint density at radius 3 is 2.95 bits per heavy atom. The van der Waals surface area contributed by atoms with Crippen LogP contribution in [-0.4, -0.2) is 16.1 Å². The van der Waals surface area contributed by atoms with E-state index >= 15 is 0 Å². The number of hydrogen-bond donors (Lipinski definition) is 2. The molecule has 0 fully saturated rings. The molecule has 1 amide bonds. The van der Waals surface area contributed by atoms with E-state index in [0.29, 0.717) is 11.4 Å². The van der Waals surface area contributed by atoms with E-state index in [1.54, 1.807) is 24.3 Å². The van der Waals surface area contributed by atoms with Gasteiger partial charge in [-0.25, -0.2) is 4.39 Å². The molecule has 0 radical (unpaired) electrons. The standard InChI is InChI=1S/C14H14FN3O/c1-2-11-9-13(18-17-11)16-14(19)8-7-10-5-3-4-6-12(10)15/h3-9H,2H2,1H3,(H2,16,17,18,19)/b8-7+. The quantitative estimate of drug-likeness (QED) is 0.829. The van der Waals surface area contributed by atoms with E-state index in [4.69, 9.17) is 0 Å². The fourth-order valence-electron chi connectivity index (χ4n) is 1.55. The van der Waals surface area contributed by atoms with Crippen molar-refractivity contribution in [1.82, 2.24) is 10.2 Å². The molecule has 2 aromatic rings. The van der Waals surface area contributed by atoms with Gasteiger partial charge in [0.15, 0.2) is 5.82 Å². The van der Waals surface area contributed by atoms with Crippen molar-refractivity contribution >= 4 is 17.8 Å². The summed E-state index contributed by atoms with van der Waals surface area (Å²) in [5, 5.41) is 9.33. The van der Waals surface area contributed by atoms with Crippen LogP contribution in [0.5, 0.6) is 0 Å². The van der Waals surface area contributed by atoms with Crippen molar-refractivity contribution in [3.8, 4) is 0 Å². The van der Waals surface area contributed by atoms with Crippen LogP contribution in [0.3, 0.4) is 0 Å². The molecule has 98 valence electrons. The molecule has 4 nitrogen and oxygen atoms in total. The van der Waals surface area contributed by atoms with Crippen LogP contribution in [0, 0.1) is 5.82 Å². The third-order valence-corrected chi connectivity index (χ3v) is 2.58. The Morgan fingerprint density at radius 1 is 1.47 bits per heavy atom. The normalized spacial score (nSPS) is 10.8. The number of anilines is 1. The molecule has 2 N–H and O–H groups in total. The molecule has 1 aromatic carbocycles. The van der Waals surface area contributed by atoms with Gasteiger partial charge in [-0.3, -0.25) is 9.89 Å². The molecule has 0 aliphatic heterocycles. The number of amides is 1. The fourth-order valence-corrected chi connectivity index (χ4v) is 1.55. The van der Waals surface area contributed by atoms with Gasteiger partial charge in [0, 0.05) is 23.4 Å². The number of H-pyrrole nitrogens is 1. The molecule has 1 aromatic heterocycles. The van der Waals surface area contributed by atoms with Gasteiger partial charge in [-0.05, 0) is 18.6 Å². The SMILES string of the molecule is CCc1cc(NC(=O)/C=C/c2ccccc2F)n[nH]1. The molecule has 0 saturated carbocycles. The van der Waals surface area contributed by atoms with Gasteiger partial charge in [-0.1, -0.05) is 25.1 Å². The van der Waals surface area contributed by atoms with E-state index in [0.717, 1.165) is 12.1 Å².